The summed E-state index contributed by atoms with van der Waals surface area (Å²) in [7, 11) is -1.74. The zero-order valence-corrected chi connectivity index (χ0v) is 36.4. The molecule has 9 heteroatoms. The number of hydrogen-bond donors (Lipinski definition) is 1. The quantitative estimate of drug-likeness (QED) is 0.0728. The van der Waals surface area contributed by atoms with Crippen LogP contribution in [0.5, 0.6) is 17.2 Å². The predicted molar refractivity (Wildman–Crippen MR) is 231 cm³/mol. The second-order valence-corrected chi connectivity index (χ2v) is 20.1. The molecule has 0 amide bonds. The maximum atomic E-state index is 12.4. The highest BCUT2D eigenvalue weighted by atomic mass is 35.5. The number of hydrogen-bond acceptors (Lipinski definition) is 5. The lowest BCUT2D eigenvalue weighted by molar-refractivity contribution is 0.00472. The van der Waals surface area contributed by atoms with Crippen molar-refractivity contribution in [2.24, 2.45) is 0 Å². The summed E-state index contributed by atoms with van der Waals surface area (Å²) in [6.07, 6.45) is 0. The number of phenols is 1. The van der Waals surface area contributed by atoms with Crippen LogP contribution in [-0.4, -0.2) is 18.7 Å². The molecule has 0 aliphatic rings. The first-order valence-electron chi connectivity index (χ1n) is 18.3. The first kappa shape index (κ1) is 42.9. The summed E-state index contributed by atoms with van der Waals surface area (Å²) in [6.45, 7) is 19.6. The first-order chi connectivity index (χ1) is 25.8. The molecule has 0 bridgehead atoms. The Hall–Kier alpha value is -3.28. The molecular formula is C46H52Cl3O5P. The van der Waals surface area contributed by atoms with E-state index in [1.165, 1.54) is 0 Å². The van der Waals surface area contributed by atoms with Crippen LogP contribution in [0.2, 0.25) is 15.1 Å². The zero-order valence-electron chi connectivity index (χ0n) is 33.2. The van der Waals surface area contributed by atoms with Gasteiger partial charge in [-0.2, -0.15) is 0 Å². The monoisotopic (exact) mass is 820 g/mol. The third-order valence-corrected chi connectivity index (χ3v) is 12.2. The average Bonchev–Trinajstić information content (AvgIpc) is 3.10. The molecule has 5 nitrogen and oxygen atoms in total. The Morgan fingerprint density at radius 1 is 0.491 bits per heavy atom. The normalized spacial score (nSPS) is 12.3. The van der Waals surface area contributed by atoms with Gasteiger partial charge in [-0.15, -0.1) is 0 Å². The van der Waals surface area contributed by atoms with Crippen LogP contribution in [0, 0.1) is 0 Å². The van der Waals surface area contributed by atoms with Gasteiger partial charge in [-0.25, -0.2) is 0 Å². The maximum absolute atomic E-state index is 12.4. The number of benzene rings is 5. The van der Waals surface area contributed by atoms with Crippen LogP contribution in [0.25, 0.3) is 0 Å². The van der Waals surface area contributed by atoms with Crippen molar-refractivity contribution in [3.8, 4) is 17.2 Å². The van der Waals surface area contributed by atoms with Gasteiger partial charge in [0.15, 0.2) is 13.6 Å². The van der Waals surface area contributed by atoms with Gasteiger partial charge in [-0.3, -0.25) is 0 Å². The highest BCUT2D eigenvalue weighted by Gasteiger charge is 2.35. The van der Waals surface area contributed by atoms with Gasteiger partial charge in [0.1, 0.15) is 17.2 Å². The fourth-order valence-corrected chi connectivity index (χ4v) is 9.87. The summed E-state index contributed by atoms with van der Waals surface area (Å²) in [6, 6.07) is 31.3. The Labute approximate surface area is 343 Å². The van der Waals surface area contributed by atoms with E-state index >= 15 is 0 Å². The van der Waals surface area contributed by atoms with Gasteiger partial charge in [0.2, 0.25) is 0 Å². The summed E-state index contributed by atoms with van der Waals surface area (Å²) < 4.78 is 25.6. The number of phenolic OH excluding ortho intramolecular Hbond substituents is 1. The van der Waals surface area contributed by atoms with Crippen LogP contribution in [0.3, 0.4) is 0 Å². The van der Waals surface area contributed by atoms with Gasteiger partial charge >= 0.3 is 0 Å². The standard InChI is InChI=1S/C46H52Cl3O5P/c1-44(2,3)35-20-32(47)23-38(41(35)50)55(39-24-33(48)21-36(45(4,5)6)42(39)53-28-51-26-30-16-12-10-13-17-30)40-25-34(49)22-37(46(7,8)9)43(40)54-29-52-27-31-18-14-11-15-19-31/h10-25,50H,26-29H2,1-9H3. The molecule has 292 valence electrons. The van der Waals surface area contributed by atoms with E-state index < -0.39 is 24.2 Å². The molecule has 0 radical (unpaired) electrons. The highest BCUT2D eigenvalue weighted by molar-refractivity contribution is 7.80. The summed E-state index contributed by atoms with van der Waals surface area (Å²) in [5, 5.41) is 16.0. The molecule has 1 N–H and O–H groups in total. The first-order valence-corrected chi connectivity index (χ1v) is 20.8. The fourth-order valence-electron chi connectivity index (χ4n) is 6.29. The molecule has 0 unspecified atom stereocenters. The average molecular weight is 822 g/mol. The van der Waals surface area contributed by atoms with E-state index in [-0.39, 0.29) is 19.3 Å². The van der Waals surface area contributed by atoms with Crippen molar-refractivity contribution in [1.82, 2.24) is 0 Å². The molecule has 5 rings (SSSR count). The van der Waals surface area contributed by atoms with Crippen molar-refractivity contribution in [2.45, 2.75) is 91.8 Å². The lowest BCUT2D eigenvalue weighted by Gasteiger charge is -2.33. The van der Waals surface area contributed by atoms with E-state index in [0.29, 0.717) is 50.6 Å². The third-order valence-electron chi connectivity index (χ3n) is 9.07. The van der Waals surface area contributed by atoms with E-state index in [0.717, 1.165) is 32.9 Å². The van der Waals surface area contributed by atoms with E-state index in [4.69, 9.17) is 53.8 Å². The minimum atomic E-state index is -1.74. The Balaban J connectivity index is 1.77. The maximum Gasteiger partial charge on any atom is 0.189 e. The van der Waals surface area contributed by atoms with Crippen molar-refractivity contribution >= 4 is 58.6 Å². The van der Waals surface area contributed by atoms with Crippen LogP contribution < -0.4 is 25.4 Å². The smallest absolute Gasteiger partial charge is 0.189 e. The molecule has 55 heavy (non-hydrogen) atoms. The molecule has 0 aliphatic carbocycles. The van der Waals surface area contributed by atoms with E-state index in [9.17, 15) is 5.11 Å². The van der Waals surface area contributed by atoms with Crippen LogP contribution in [0.15, 0.2) is 97.1 Å². The number of ether oxygens (including phenoxy) is 4. The third kappa shape index (κ3) is 11.0. The molecule has 5 aromatic rings. The van der Waals surface area contributed by atoms with Crippen LogP contribution in [0.1, 0.15) is 90.1 Å². The number of aromatic hydroxyl groups is 1. The molecule has 0 aromatic heterocycles. The van der Waals surface area contributed by atoms with Crippen molar-refractivity contribution in [2.75, 3.05) is 13.6 Å². The minimum absolute atomic E-state index is 0.0238. The molecule has 0 atom stereocenters. The van der Waals surface area contributed by atoms with Gasteiger partial charge in [0.05, 0.1) is 13.2 Å². The zero-order chi connectivity index (χ0) is 40.1. The van der Waals surface area contributed by atoms with Crippen LogP contribution in [0.4, 0.5) is 0 Å². The summed E-state index contributed by atoms with van der Waals surface area (Å²) >= 11 is 21.1. The molecular weight excluding hydrogens is 770 g/mol. The highest BCUT2D eigenvalue weighted by Crippen LogP contribution is 2.50. The summed E-state index contributed by atoms with van der Waals surface area (Å²) in [5.74, 6) is 1.35. The van der Waals surface area contributed by atoms with E-state index in [2.05, 4.69) is 62.3 Å². The van der Waals surface area contributed by atoms with Gasteiger partial charge in [-0.1, -0.05) is 158 Å². The number of rotatable bonds is 13. The lowest BCUT2D eigenvalue weighted by Crippen LogP contribution is -2.30. The SMILES string of the molecule is CC(C)(C)c1cc(Cl)cc(P(c2cc(Cl)cc(C(C)(C)C)c2OCOCc2ccccc2)c2cc(Cl)cc(C(C)(C)C)c2OCOCc2ccccc2)c1O. The molecule has 0 fully saturated rings. The summed E-state index contributed by atoms with van der Waals surface area (Å²) in [4.78, 5) is 0. The minimum Gasteiger partial charge on any atom is -0.507 e. The molecule has 0 saturated heterocycles. The second kappa shape index (κ2) is 17.9. The van der Waals surface area contributed by atoms with Gasteiger partial charge in [0.25, 0.3) is 0 Å². The molecule has 0 saturated carbocycles. The van der Waals surface area contributed by atoms with Gasteiger partial charge in [-0.05, 0) is 71.7 Å². The predicted octanol–water partition coefficient (Wildman–Crippen LogP) is 12.1. The molecule has 0 aliphatic heterocycles. The van der Waals surface area contributed by atoms with Crippen molar-refractivity contribution in [3.05, 3.63) is 140 Å². The second-order valence-electron chi connectivity index (χ2n) is 16.7. The Bertz CT molecular complexity index is 1950. The lowest BCUT2D eigenvalue weighted by atomic mass is 9.86. The number of halogens is 3. The van der Waals surface area contributed by atoms with Crippen molar-refractivity contribution in [1.29, 1.82) is 0 Å². The van der Waals surface area contributed by atoms with Crippen LogP contribution in [-0.2, 0) is 38.9 Å². The Morgan fingerprint density at radius 3 is 1.20 bits per heavy atom. The van der Waals surface area contributed by atoms with Gasteiger partial charge < -0.3 is 24.1 Å². The van der Waals surface area contributed by atoms with E-state index in [1.54, 1.807) is 0 Å². The Morgan fingerprint density at radius 2 is 0.836 bits per heavy atom. The largest absolute Gasteiger partial charge is 0.507 e. The topological polar surface area (TPSA) is 57.2 Å². The molecule has 0 spiro atoms. The Kier molecular flexibility index (Phi) is 13.9. The van der Waals surface area contributed by atoms with E-state index in [1.807, 2.05) is 97.1 Å². The van der Waals surface area contributed by atoms with Gasteiger partial charge in [0, 0.05) is 47.7 Å². The molecule has 5 aromatic carbocycles. The summed E-state index contributed by atoms with van der Waals surface area (Å²) in [5.41, 5.74) is 3.32. The fraction of sp³-hybridized carbons (Fsp3) is 0.348. The van der Waals surface area contributed by atoms with Crippen molar-refractivity contribution < 1.29 is 24.1 Å². The molecule has 0 heterocycles. The van der Waals surface area contributed by atoms with Crippen molar-refractivity contribution in [3.63, 3.8) is 0 Å². The van der Waals surface area contributed by atoms with Crippen LogP contribution >= 0.6 is 42.7 Å².